The van der Waals surface area contributed by atoms with Gasteiger partial charge in [-0.05, 0) is 57.2 Å². The van der Waals surface area contributed by atoms with Crippen molar-refractivity contribution in [1.29, 1.82) is 5.26 Å². The minimum absolute atomic E-state index is 0.00656. The van der Waals surface area contributed by atoms with Gasteiger partial charge in [0.2, 0.25) is 5.88 Å². The Bertz CT molecular complexity index is 2120. The molecular weight excluding hydrogens is 665 g/mol. The van der Waals surface area contributed by atoms with E-state index in [-0.39, 0.29) is 77.1 Å². The number of β-amino-alcohol motifs (C(OH)–C–C–N with tert-alkyl or cyclic N) is 1. The summed E-state index contributed by atoms with van der Waals surface area (Å²) in [4.78, 5) is 20.7. The minimum atomic E-state index is -0.948. The number of nitrogens with two attached hydrogens (primary N) is 1. The van der Waals surface area contributed by atoms with Crippen LogP contribution >= 0.6 is 0 Å². The normalized spacial score (nSPS) is 26.4. The van der Waals surface area contributed by atoms with Crippen LogP contribution in [0.5, 0.6) is 6.01 Å². The minimum Gasteiger partial charge on any atom is -0.461 e. The van der Waals surface area contributed by atoms with Crippen molar-refractivity contribution in [3.63, 3.8) is 0 Å². The van der Waals surface area contributed by atoms with Crippen LogP contribution in [0.1, 0.15) is 62.6 Å². The first-order chi connectivity index (χ1) is 24.4. The van der Waals surface area contributed by atoms with Gasteiger partial charge in [-0.1, -0.05) is 0 Å². The number of fused-ring (bicyclic) bond motifs is 7. The number of hydrogen-bond acceptors (Lipinski definition) is 12. The Labute approximate surface area is 291 Å². The number of ether oxygens (including phenoxy) is 2. The highest BCUT2D eigenvalue weighted by atomic mass is 19.1. The second-order valence-corrected chi connectivity index (χ2v) is 15.5. The van der Waals surface area contributed by atoms with Gasteiger partial charge < -0.3 is 29.6 Å². The van der Waals surface area contributed by atoms with E-state index in [1.54, 1.807) is 13.8 Å². The van der Waals surface area contributed by atoms with Gasteiger partial charge in [0.25, 0.3) is 0 Å². The van der Waals surface area contributed by atoms with Crippen LogP contribution in [0.15, 0.2) is 10.6 Å². The molecular formula is C36H39F3N8O4. The summed E-state index contributed by atoms with van der Waals surface area (Å²) < 4.78 is 64.8. The quantitative estimate of drug-likeness (QED) is 0.277. The third-order valence-corrected chi connectivity index (χ3v) is 11.4. The Hall–Kier alpha value is -4.23. The molecule has 4 atom stereocenters. The molecule has 2 bridgehead atoms. The Morgan fingerprint density at radius 3 is 2.65 bits per heavy atom. The highest BCUT2D eigenvalue weighted by Crippen LogP contribution is 2.48. The predicted molar refractivity (Wildman–Crippen MR) is 181 cm³/mol. The maximum absolute atomic E-state index is 17.5. The Kier molecular flexibility index (Phi) is 7.46. The molecule has 15 heteroatoms. The number of nitriles is 1. The predicted octanol–water partition coefficient (Wildman–Crippen LogP) is 4.58. The van der Waals surface area contributed by atoms with E-state index in [0.717, 1.165) is 38.4 Å². The second kappa shape index (κ2) is 11.6. The van der Waals surface area contributed by atoms with E-state index in [4.69, 9.17) is 29.6 Å². The average Bonchev–Trinajstić information content (AvgIpc) is 3.88. The highest BCUT2D eigenvalue weighted by molar-refractivity contribution is 6.04. The molecule has 0 amide bonds. The first-order valence-corrected chi connectivity index (χ1v) is 17.6. The van der Waals surface area contributed by atoms with Crippen molar-refractivity contribution in [1.82, 2.24) is 24.8 Å². The third kappa shape index (κ3) is 5.13. The average molecular weight is 705 g/mol. The Morgan fingerprint density at radius 1 is 1.14 bits per heavy atom. The Balaban J connectivity index is 1.23. The molecule has 3 N–H and O–H groups in total. The number of rotatable bonds is 7. The largest absolute Gasteiger partial charge is 0.461 e. The van der Waals surface area contributed by atoms with E-state index in [2.05, 4.69) is 19.7 Å². The van der Waals surface area contributed by atoms with Crippen molar-refractivity contribution in [2.24, 2.45) is 0 Å². The lowest BCUT2D eigenvalue weighted by molar-refractivity contribution is 0.0292. The summed E-state index contributed by atoms with van der Waals surface area (Å²) in [5.41, 5.74) is 5.34. The number of anilines is 2. The fourth-order valence-corrected chi connectivity index (χ4v) is 9.54. The smallest absolute Gasteiger partial charge is 0.319 e. The number of furan rings is 1. The molecule has 4 aromatic rings. The molecule has 5 aliphatic heterocycles. The van der Waals surface area contributed by atoms with Crippen molar-refractivity contribution < 1.29 is 32.2 Å². The highest BCUT2D eigenvalue weighted by Gasteiger charge is 2.50. The van der Waals surface area contributed by atoms with E-state index >= 15 is 4.39 Å². The zero-order chi connectivity index (χ0) is 35.4. The first-order valence-electron chi connectivity index (χ1n) is 17.6. The second-order valence-electron chi connectivity index (χ2n) is 15.5. The van der Waals surface area contributed by atoms with Crippen LogP contribution in [-0.2, 0) is 18.0 Å². The number of benzene rings is 1. The number of aliphatic hydroxyl groups is 1. The number of likely N-dealkylation sites (tertiary alicyclic amines) is 1. The molecule has 8 heterocycles. The van der Waals surface area contributed by atoms with Gasteiger partial charge in [0.1, 0.15) is 35.7 Å². The van der Waals surface area contributed by atoms with Crippen molar-refractivity contribution in [3.8, 4) is 23.3 Å². The van der Waals surface area contributed by atoms with Crippen LogP contribution in [0.3, 0.4) is 0 Å². The van der Waals surface area contributed by atoms with Crippen molar-refractivity contribution in [3.05, 3.63) is 34.5 Å². The number of nitrogen functional groups attached to an aromatic ring is 1. The number of aromatic nitrogens is 3. The van der Waals surface area contributed by atoms with Gasteiger partial charge in [-0.2, -0.15) is 15.2 Å². The maximum Gasteiger partial charge on any atom is 0.319 e. The standard InChI is InChI=1S/C36H39F3N8O4/c1-35(2,48)16-45-12-19-4-5-20(13-45)47(19)33-27-23-15-49-14-22(23)25(29-26-21(9-40)32(41)51-31(26)24(38)10-42-29)28(39)30(27)43-34(44-33)50-17-36-6-3-7-46(36)11-18(37)8-36/h10,18-20,48H,3-8,11-17,41H2,1-2H3/t18-,19?,20?,36+/m1/s1. The lowest BCUT2D eigenvalue weighted by Crippen LogP contribution is -2.56. The topological polar surface area (TPSA) is 150 Å². The molecule has 0 spiro atoms. The Morgan fingerprint density at radius 2 is 1.90 bits per heavy atom. The molecule has 4 saturated heterocycles. The summed E-state index contributed by atoms with van der Waals surface area (Å²) in [6.45, 7) is 6.99. The number of nitrogens with zero attached hydrogens (tertiary/aromatic N) is 7. The molecule has 12 nitrogen and oxygen atoms in total. The fourth-order valence-electron chi connectivity index (χ4n) is 9.54. The van der Waals surface area contributed by atoms with E-state index < -0.39 is 28.9 Å². The van der Waals surface area contributed by atoms with Gasteiger partial charge in [0, 0.05) is 50.2 Å². The summed E-state index contributed by atoms with van der Waals surface area (Å²) in [6.07, 6.45) is 3.82. The summed E-state index contributed by atoms with van der Waals surface area (Å²) >= 11 is 0. The molecule has 0 aliphatic carbocycles. The molecule has 51 heavy (non-hydrogen) atoms. The summed E-state index contributed by atoms with van der Waals surface area (Å²) in [5.74, 6) is -1.34. The van der Waals surface area contributed by atoms with E-state index in [9.17, 15) is 19.1 Å². The van der Waals surface area contributed by atoms with Crippen LogP contribution in [0.2, 0.25) is 0 Å². The summed E-state index contributed by atoms with van der Waals surface area (Å²) in [5, 5.41) is 21.0. The molecule has 5 aliphatic rings. The number of pyridine rings is 1. The summed E-state index contributed by atoms with van der Waals surface area (Å²) in [7, 11) is 0. The SMILES string of the molecule is CC(C)(O)CN1CC2CCC(C1)N2c1nc(OC[C@@]23CCCN2C[C@H](F)C3)nc2c(F)c(-c3ncc(F)c4oc(N)c(C#N)c34)c3c(c12)COC3. The molecule has 268 valence electrons. The fraction of sp³-hybridized carbons (Fsp3) is 0.556. The first kappa shape index (κ1) is 32.7. The maximum atomic E-state index is 17.5. The van der Waals surface area contributed by atoms with Crippen LogP contribution in [0.25, 0.3) is 33.1 Å². The van der Waals surface area contributed by atoms with Crippen LogP contribution in [-0.4, -0.2) is 98.6 Å². The van der Waals surface area contributed by atoms with E-state index in [1.165, 1.54) is 0 Å². The molecule has 9 rings (SSSR count). The zero-order valence-corrected chi connectivity index (χ0v) is 28.5. The molecule has 2 unspecified atom stereocenters. The number of halogens is 3. The lowest BCUT2D eigenvalue weighted by Gasteiger charge is -2.43. The van der Waals surface area contributed by atoms with Gasteiger partial charge in [-0.15, -0.1) is 0 Å². The van der Waals surface area contributed by atoms with Gasteiger partial charge in [0.15, 0.2) is 17.2 Å². The van der Waals surface area contributed by atoms with E-state index in [1.807, 2.05) is 6.07 Å². The summed E-state index contributed by atoms with van der Waals surface area (Å²) in [6, 6.07) is 2.01. The van der Waals surface area contributed by atoms with E-state index in [0.29, 0.717) is 54.9 Å². The molecule has 3 aromatic heterocycles. The van der Waals surface area contributed by atoms with Crippen LogP contribution in [0, 0.1) is 23.0 Å². The van der Waals surface area contributed by atoms with Crippen molar-refractivity contribution in [2.75, 3.05) is 50.0 Å². The molecule has 0 saturated carbocycles. The lowest BCUT2D eigenvalue weighted by atomic mass is 9.93. The van der Waals surface area contributed by atoms with Gasteiger partial charge in [-0.25, -0.2) is 13.2 Å². The number of alkyl halides is 1. The number of piperazine rings is 1. The van der Waals surface area contributed by atoms with Crippen molar-refractivity contribution >= 4 is 33.6 Å². The van der Waals surface area contributed by atoms with Gasteiger partial charge in [-0.3, -0.25) is 14.8 Å². The zero-order valence-electron chi connectivity index (χ0n) is 28.5. The van der Waals surface area contributed by atoms with Gasteiger partial charge in [0.05, 0.1) is 47.0 Å². The van der Waals surface area contributed by atoms with Crippen LogP contribution < -0.4 is 15.4 Å². The third-order valence-electron chi connectivity index (χ3n) is 11.4. The van der Waals surface area contributed by atoms with Crippen LogP contribution in [0.4, 0.5) is 24.9 Å². The molecule has 1 aromatic carbocycles. The monoisotopic (exact) mass is 704 g/mol. The van der Waals surface area contributed by atoms with Gasteiger partial charge >= 0.3 is 6.01 Å². The molecule has 0 radical (unpaired) electrons. The van der Waals surface area contributed by atoms with Crippen molar-refractivity contribution in [2.45, 2.75) is 88.6 Å². The number of hydrogen-bond donors (Lipinski definition) is 2. The molecule has 4 fully saturated rings.